The molecule has 9 heteroatoms. The van der Waals surface area contributed by atoms with Crippen molar-refractivity contribution in [2.75, 3.05) is 0 Å². The van der Waals surface area contributed by atoms with Crippen LogP contribution in [0.3, 0.4) is 0 Å². The number of hydrogen-bond donors (Lipinski definition) is 7. The molecule has 0 saturated carbocycles. The number of hydrogen-bond acceptors (Lipinski definition) is 6. The van der Waals surface area contributed by atoms with Crippen molar-refractivity contribution in [3.05, 3.63) is 47.5 Å². The Morgan fingerprint density at radius 3 is 2.04 bits per heavy atom. The minimum Gasteiger partial charge on any atom is -0.508 e. The molecule has 0 saturated heterocycles. The molecule has 136 valence electrons. The number of phenolic OH excluding ortho intramolecular Hbond substituents is 3. The molecule has 0 radical (unpaired) electrons. The highest BCUT2D eigenvalue weighted by atomic mass is 31.2. The molecule has 2 rings (SSSR count). The van der Waals surface area contributed by atoms with Crippen LogP contribution in [-0.2, 0) is 10.4 Å². The predicted molar refractivity (Wildman–Crippen MR) is 88.7 cm³/mol. The lowest BCUT2D eigenvalue weighted by atomic mass is 9.83. The number of benzene rings is 2. The molecule has 0 bridgehead atoms. The van der Waals surface area contributed by atoms with E-state index in [0.29, 0.717) is 11.6 Å². The maximum Gasteiger partial charge on any atom is 0.356 e. The highest BCUT2D eigenvalue weighted by Crippen LogP contribution is 2.46. The first kappa shape index (κ1) is 19.2. The first-order valence-electron chi connectivity index (χ1n) is 7.34. The van der Waals surface area contributed by atoms with Gasteiger partial charge in [0.15, 0.2) is 0 Å². The minimum absolute atomic E-state index is 0.0385. The van der Waals surface area contributed by atoms with E-state index in [1.54, 1.807) is 6.92 Å². The summed E-state index contributed by atoms with van der Waals surface area (Å²) in [6.45, 7) is 1.62. The van der Waals surface area contributed by atoms with Crippen molar-refractivity contribution in [2.24, 2.45) is 0 Å². The third-order valence-electron chi connectivity index (χ3n) is 3.95. The first-order chi connectivity index (χ1) is 11.5. The molecule has 0 aromatic heterocycles. The summed E-state index contributed by atoms with van der Waals surface area (Å²) in [5.41, 5.74) is -0.409. The van der Waals surface area contributed by atoms with Crippen LogP contribution in [0.15, 0.2) is 36.4 Å². The van der Waals surface area contributed by atoms with Gasteiger partial charge in [0.05, 0.1) is 10.9 Å². The second-order valence-electron chi connectivity index (χ2n) is 5.68. The lowest BCUT2D eigenvalue weighted by Crippen LogP contribution is -2.37. The molecule has 1 unspecified atom stereocenters. The van der Waals surface area contributed by atoms with Crippen molar-refractivity contribution < 1.29 is 39.9 Å². The van der Waals surface area contributed by atoms with E-state index in [9.17, 15) is 39.9 Å². The van der Waals surface area contributed by atoms with E-state index in [2.05, 4.69) is 0 Å². The third kappa shape index (κ3) is 3.78. The van der Waals surface area contributed by atoms with Crippen LogP contribution in [0.5, 0.6) is 17.2 Å². The van der Waals surface area contributed by atoms with Gasteiger partial charge in [-0.25, -0.2) is 0 Å². The molecule has 7 N–H and O–H groups in total. The van der Waals surface area contributed by atoms with Crippen LogP contribution < -0.4 is 5.30 Å². The molecule has 2 aromatic rings. The van der Waals surface area contributed by atoms with Gasteiger partial charge in [0.25, 0.3) is 0 Å². The fourth-order valence-electron chi connectivity index (χ4n) is 2.84. The summed E-state index contributed by atoms with van der Waals surface area (Å²) < 4.78 is 11.7. The van der Waals surface area contributed by atoms with Crippen LogP contribution >= 0.6 is 7.60 Å². The Morgan fingerprint density at radius 2 is 1.56 bits per heavy atom. The van der Waals surface area contributed by atoms with Gasteiger partial charge in [0.1, 0.15) is 17.2 Å². The number of phenols is 3. The largest absolute Gasteiger partial charge is 0.508 e. The Labute approximate surface area is 143 Å². The maximum absolute atomic E-state index is 11.7. The van der Waals surface area contributed by atoms with Gasteiger partial charge in [0.2, 0.25) is 5.79 Å². The van der Waals surface area contributed by atoms with E-state index in [4.69, 9.17) is 0 Å². The fourth-order valence-corrected chi connectivity index (χ4v) is 3.71. The van der Waals surface area contributed by atoms with Crippen LogP contribution in [0.25, 0.3) is 0 Å². The van der Waals surface area contributed by atoms with Crippen LogP contribution in [-0.4, -0.2) is 35.3 Å². The number of aliphatic hydroxyl groups is 2. The molecule has 0 aliphatic carbocycles. The Balaban J connectivity index is 2.69. The average Bonchev–Trinajstić information content (AvgIpc) is 2.47. The zero-order valence-corrected chi connectivity index (χ0v) is 14.1. The predicted octanol–water partition coefficient (Wildman–Crippen LogP) is 0.938. The first-order valence-corrected chi connectivity index (χ1v) is 8.96. The van der Waals surface area contributed by atoms with Crippen molar-refractivity contribution in [1.29, 1.82) is 0 Å². The quantitative estimate of drug-likeness (QED) is 0.302. The summed E-state index contributed by atoms with van der Waals surface area (Å²) >= 11 is 0. The molecular formula is C16H19O8P. The van der Waals surface area contributed by atoms with Gasteiger partial charge in [-0.15, -0.1) is 0 Å². The lowest BCUT2D eigenvalue weighted by molar-refractivity contribution is -0.189. The second kappa shape index (κ2) is 6.67. The fraction of sp³-hybridized carbons (Fsp3) is 0.250. The summed E-state index contributed by atoms with van der Waals surface area (Å²) in [6.07, 6.45) is 0.138. The average molecular weight is 370 g/mol. The smallest absolute Gasteiger partial charge is 0.356 e. The molecule has 2 aromatic carbocycles. The molecule has 0 amide bonds. The molecular weight excluding hydrogens is 351 g/mol. The van der Waals surface area contributed by atoms with Gasteiger partial charge in [-0.1, -0.05) is 19.1 Å². The normalized spacial score (nSPS) is 13.6. The summed E-state index contributed by atoms with van der Waals surface area (Å²) in [4.78, 5) is 19.0. The van der Waals surface area contributed by atoms with Gasteiger partial charge in [-0.3, -0.25) is 4.57 Å². The zero-order chi connectivity index (χ0) is 19.0. The Bertz CT molecular complexity index is 810. The van der Waals surface area contributed by atoms with Gasteiger partial charge < -0.3 is 35.3 Å². The second-order valence-corrected chi connectivity index (χ2v) is 7.25. The van der Waals surface area contributed by atoms with Gasteiger partial charge in [-0.2, -0.15) is 0 Å². The van der Waals surface area contributed by atoms with Crippen molar-refractivity contribution in [2.45, 2.75) is 25.0 Å². The molecule has 0 fully saturated rings. The van der Waals surface area contributed by atoms with Gasteiger partial charge in [-0.05, 0) is 30.2 Å². The Kier molecular flexibility index (Phi) is 5.13. The Morgan fingerprint density at radius 1 is 1.00 bits per heavy atom. The van der Waals surface area contributed by atoms with Crippen LogP contribution in [0, 0.1) is 0 Å². The van der Waals surface area contributed by atoms with Crippen LogP contribution in [0.2, 0.25) is 0 Å². The van der Waals surface area contributed by atoms with Crippen molar-refractivity contribution in [3.63, 3.8) is 0 Å². The van der Waals surface area contributed by atoms with E-state index in [1.807, 2.05) is 0 Å². The SMILES string of the molecule is CCC(c1ccc(O)cc1)C(O)(O)c1c(O)cc(O)cc1P(=O)(O)O. The van der Waals surface area contributed by atoms with Crippen LogP contribution in [0.1, 0.15) is 30.4 Å². The summed E-state index contributed by atoms with van der Waals surface area (Å²) in [5.74, 6) is -5.45. The maximum atomic E-state index is 11.7. The molecule has 0 spiro atoms. The zero-order valence-electron chi connectivity index (χ0n) is 13.2. The highest BCUT2D eigenvalue weighted by Gasteiger charge is 2.43. The standard InChI is InChI=1S/C16H19O8P/c1-2-12(9-3-5-10(17)6-4-9)16(20,21)15-13(19)7-11(18)8-14(15)25(22,23)24/h3-8,12,17-21H,2H2,1H3,(H2,22,23,24). The topological polar surface area (TPSA) is 159 Å². The minimum atomic E-state index is -5.04. The van der Waals surface area contributed by atoms with E-state index >= 15 is 0 Å². The molecule has 0 aliphatic heterocycles. The molecule has 25 heavy (non-hydrogen) atoms. The monoisotopic (exact) mass is 370 g/mol. The molecule has 1 atom stereocenters. The van der Waals surface area contributed by atoms with E-state index in [-0.39, 0.29) is 12.2 Å². The molecule has 0 aliphatic rings. The number of aromatic hydroxyl groups is 3. The van der Waals surface area contributed by atoms with Crippen molar-refractivity contribution in [1.82, 2.24) is 0 Å². The Hall–Kier alpha value is -2.09. The third-order valence-corrected chi connectivity index (χ3v) is 4.93. The van der Waals surface area contributed by atoms with Crippen LogP contribution in [0.4, 0.5) is 0 Å². The van der Waals surface area contributed by atoms with Gasteiger partial charge >= 0.3 is 7.60 Å². The van der Waals surface area contributed by atoms with E-state index in [0.717, 1.165) is 6.07 Å². The van der Waals surface area contributed by atoms with Crippen molar-refractivity contribution >= 4 is 12.9 Å². The van der Waals surface area contributed by atoms with Gasteiger partial charge in [0, 0.05) is 12.0 Å². The van der Waals surface area contributed by atoms with E-state index < -0.39 is 41.7 Å². The van der Waals surface area contributed by atoms with Crippen molar-refractivity contribution in [3.8, 4) is 17.2 Å². The lowest BCUT2D eigenvalue weighted by Gasteiger charge is -2.33. The highest BCUT2D eigenvalue weighted by molar-refractivity contribution is 7.60. The summed E-state index contributed by atoms with van der Waals surface area (Å²) in [7, 11) is -5.04. The summed E-state index contributed by atoms with van der Waals surface area (Å²) in [6, 6.07) is 6.96. The molecule has 0 heterocycles. The molecule has 8 nitrogen and oxygen atoms in total. The number of rotatable bonds is 5. The summed E-state index contributed by atoms with van der Waals surface area (Å²) in [5, 5.41) is 49.4. The van der Waals surface area contributed by atoms with E-state index in [1.165, 1.54) is 24.3 Å².